The van der Waals surface area contributed by atoms with Crippen molar-refractivity contribution in [3.05, 3.63) is 71.5 Å². The lowest BCUT2D eigenvalue weighted by Crippen LogP contribution is -2.11. The standard InChI is InChI=1S/C21H16O4/c1-24-12-25-18-10-7-14-11-17(22)21(23)20-15(8-9-16(18)19(14)20)13-5-3-2-4-6-13/h2-11,22H,12H2,1H3. The predicted molar refractivity (Wildman–Crippen MR) is 96.8 cm³/mol. The van der Waals surface area contributed by atoms with Gasteiger partial charge in [0.15, 0.2) is 12.6 Å². The van der Waals surface area contributed by atoms with Gasteiger partial charge in [0.1, 0.15) is 5.75 Å². The number of carbonyl (C=O) groups is 1. The maximum atomic E-state index is 12.7. The molecular formula is C21H16O4. The molecule has 1 aliphatic carbocycles. The van der Waals surface area contributed by atoms with Crippen molar-refractivity contribution in [1.29, 1.82) is 0 Å². The number of ketones is 1. The fraction of sp³-hybridized carbons (Fsp3) is 0.0952. The van der Waals surface area contributed by atoms with Crippen LogP contribution < -0.4 is 4.74 Å². The summed E-state index contributed by atoms with van der Waals surface area (Å²) in [6.45, 7) is 0.124. The Kier molecular flexibility index (Phi) is 3.75. The van der Waals surface area contributed by atoms with Crippen molar-refractivity contribution in [3.8, 4) is 16.9 Å². The summed E-state index contributed by atoms with van der Waals surface area (Å²) in [5.41, 5.74) is 3.02. The van der Waals surface area contributed by atoms with Crippen LogP contribution in [0, 0.1) is 0 Å². The Morgan fingerprint density at radius 3 is 2.56 bits per heavy atom. The third kappa shape index (κ3) is 2.47. The zero-order valence-corrected chi connectivity index (χ0v) is 13.7. The Labute approximate surface area is 144 Å². The summed E-state index contributed by atoms with van der Waals surface area (Å²) >= 11 is 0. The summed E-state index contributed by atoms with van der Waals surface area (Å²) in [6, 6.07) is 17.2. The highest BCUT2D eigenvalue weighted by atomic mass is 16.7. The Bertz CT molecular complexity index is 1000. The molecule has 0 unspecified atom stereocenters. The maximum Gasteiger partial charge on any atom is 0.228 e. The molecule has 0 heterocycles. The molecule has 0 aliphatic heterocycles. The van der Waals surface area contributed by atoms with Gasteiger partial charge >= 0.3 is 0 Å². The fourth-order valence-electron chi connectivity index (χ4n) is 3.25. The van der Waals surface area contributed by atoms with E-state index in [9.17, 15) is 9.90 Å². The Hall–Kier alpha value is -3.11. The first-order chi connectivity index (χ1) is 12.2. The molecule has 0 amide bonds. The molecule has 3 aromatic carbocycles. The number of aliphatic hydroxyl groups excluding tert-OH is 1. The van der Waals surface area contributed by atoms with Crippen LogP contribution in [0.25, 0.3) is 28.0 Å². The number of carbonyl (C=O) groups excluding carboxylic acids is 1. The lowest BCUT2D eigenvalue weighted by Gasteiger charge is -2.19. The molecule has 124 valence electrons. The molecule has 0 atom stereocenters. The van der Waals surface area contributed by atoms with Gasteiger partial charge < -0.3 is 14.6 Å². The van der Waals surface area contributed by atoms with E-state index in [0.717, 1.165) is 27.5 Å². The van der Waals surface area contributed by atoms with Crippen LogP contribution in [0.3, 0.4) is 0 Å². The van der Waals surface area contributed by atoms with Crippen molar-refractivity contribution in [3.63, 3.8) is 0 Å². The van der Waals surface area contributed by atoms with Crippen molar-refractivity contribution in [2.45, 2.75) is 0 Å². The molecule has 0 aromatic heterocycles. The van der Waals surface area contributed by atoms with Crippen LogP contribution in [0.2, 0.25) is 0 Å². The quantitative estimate of drug-likeness (QED) is 0.710. The number of ether oxygens (including phenoxy) is 2. The highest BCUT2D eigenvalue weighted by Gasteiger charge is 2.26. The smallest absolute Gasteiger partial charge is 0.228 e. The number of hydrogen-bond acceptors (Lipinski definition) is 4. The number of aliphatic hydroxyl groups is 1. The molecule has 25 heavy (non-hydrogen) atoms. The second-order valence-electron chi connectivity index (χ2n) is 5.84. The highest BCUT2D eigenvalue weighted by molar-refractivity contribution is 6.25. The minimum atomic E-state index is -0.374. The molecule has 1 aliphatic rings. The third-order valence-corrected chi connectivity index (χ3v) is 4.34. The van der Waals surface area contributed by atoms with Crippen LogP contribution >= 0.6 is 0 Å². The number of methoxy groups -OCH3 is 1. The molecule has 4 heteroatoms. The first kappa shape index (κ1) is 15.4. The second kappa shape index (κ2) is 6.07. The zero-order valence-electron chi connectivity index (χ0n) is 13.7. The maximum absolute atomic E-state index is 12.7. The lowest BCUT2D eigenvalue weighted by molar-refractivity contribution is 0.0522. The van der Waals surface area contributed by atoms with Crippen LogP contribution in [0.4, 0.5) is 0 Å². The van der Waals surface area contributed by atoms with E-state index < -0.39 is 0 Å². The molecular weight excluding hydrogens is 316 g/mol. The van der Waals surface area contributed by atoms with E-state index in [4.69, 9.17) is 9.47 Å². The van der Waals surface area contributed by atoms with E-state index in [0.29, 0.717) is 11.3 Å². The fourth-order valence-corrected chi connectivity index (χ4v) is 3.25. The third-order valence-electron chi connectivity index (χ3n) is 4.34. The van der Waals surface area contributed by atoms with E-state index >= 15 is 0 Å². The SMILES string of the molecule is COCOc1ccc2c3c(c(-c4ccccc4)ccc13)C(=O)C(O)=C2. The van der Waals surface area contributed by atoms with Crippen molar-refractivity contribution in [2.24, 2.45) is 0 Å². The van der Waals surface area contributed by atoms with E-state index in [1.54, 1.807) is 7.11 Å². The zero-order chi connectivity index (χ0) is 17.4. The molecule has 4 rings (SSSR count). The Morgan fingerprint density at radius 2 is 1.80 bits per heavy atom. The van der Waals surface area contributed by atoms with Crippen LogP contribution in [0.15, 0.2) is 60.4 Å². The van der Waals surface area contributed by atoms with Crippen molar-refractivity contribution < 1.29 is 19.4 Å². The number of benzene rings is 3. The average Bonchev–Trinajstić information content (AvgIpc) is 2.65. The minimum Gasteiger partial charge on any atom is -0.504 e. The van der Waals surface area contributed by atoms with Gasteiger partial charge in [0.25, 0.3) is 0 Å². The van der Waals surface area contributed by atoms with E-state index in [1.165, 1.54) is 6.08 Å². The first-order valence-electron chi connectivity index (χ1n) is 7.93. The van der Waals surface area contributed by atoms with Gasteiger partial charge in [-0.05, 0) is 34.9 Å². The Morgan fingerprint density at radius 1 is 1.00 bits per heavy atom. The summed E-state index contributed by atoms with van der Waals surface area (Å²) in [4.78, 5) is 12.7. The molecule has 0 spiro atoms. The van der Waals surface area contributed by atoms with Crippen molar-refractivity contribution in [1.82, 2.24) is 0 Å². The van der Waals surface area contributed by atoms with E-state index in [2.05, 4.69) is 0 Å². The van der Waals surface area contributed by atoms with Crippen LogP contribution in [-0.4, -0.2) is 24.8 Å². The van der Waals surface area contributed by atoms with Crippen molar-refractivity contribution >= 4 is 22.6 Å². The molecule has 3 aromatic rings. The van der Waals surface area contributed by atoms with Gasteiger partial charge in [-0.3, -0.25) is 4.79 Å². The number of rotatable bonds is 4. The van der Waals surface area contributed by atoms with Crippen LogP contribution in [0.1, 0.15) is 15.9 Å². The number of hydrogen-bond donors (Lipinski definition) is 1. The van der Waals surface area contributed by atoms with Gasteiger partial charge in [-0.1, -0.05) is 42.5 Å². The topological polar surface area (TPSA) is 55.8 Å². The molecule has 0 saturated heterocycles. The van der Waals surface area contributed by atoms with Crippen molar-refractivity contribution in [2.75, 3.05) is 13.9 Å². The van der Waals surface area contributed by atoms with E-state index in [-0.39, 0.29) is 18.3 Å². The first-order valence-corrected chi connectivity index (χ1v) is 7.93. The predicted octanol–water partition coefficient (Wildman–Crippen LogP) is 4.58. The largest absolute Gasteiger partial charge is 0.504 e. The molecule has 0 bridgehead atoms. The summed E-state index contributed by atoms with van der Waals surface area (Å²) < 4.78 is 10.6. The normalized spacial score (nSPS) is 13.0. The number of Topliss-reactive ketones (excluding diaryl/α,β-unsaturated/α-hetero) is 1. The molecule has 0 saturated carbocycles. The summed E-state index contributed by atoms with van der Waals surface area (Å²) in [5.74, 6) is 0.0210. The summed E-state index contributed by atoms with van der Waals surface area (Å²) in [5, 5.41) is 11.7. The van der Waals surface area contributed by atoms with Gasteiger partial charge in [0.2, 0.25) is 5.78 Å². The second-order valence-corrected chi connectivity index (χ2v) is 5.84. The van der Waals surface area contributed by atoms with Gasteiger partial charge in [-0.25, -0.2) is 0 Å². The lowest BCUT2D eigenvalue weighted by atomic mass is 9.85. The van der Waals surface area contributed by atoms with Gasteiger partial charge in [-0.2, -0.15) is 0 Å². The monoisotopic (exact) mass is 332 g/mol. The number of allylic oxidation sites excluding steroid dienone is 1. The van der Waals surface area contributed by atoms with Gasteiger partial charge in [0.05, 0.1) is 0 Å². The van der Waals surface area contributed by atoms with Gasteiger partial charge in [0, 0.05) is 23.4 Å². The molecule has 1 N–H and O–H groups in total. The minimum absolute atomic E-state index is 0.124. The Balaban J connectivity index is 2.04. The molecule has 4 nitrogen and oxygen atoms in total. The van der Waals surface area contributed by atoms with Crippen LogP contribution in [0.5, 0.6) is 5.75 Å². The summed E-state index contributed by atoms with van der Waals surface area (Å²) in [6.07, 6.45) is 1.51. The van der Waals surface area contributed by atoms with Gasteiger partial charge in [-0.15, -0.1) is 0 Å². The highest BCUT2D eigenvalue weighted by Crippen LogP contribution is 2.40. The summed E-state index contributed by atoms with van der Waals surface area (Å²) in [7, 11) is 1.56. The molecule has 0 radical (unpaired) electrons. The van der Waals surface area contributed by atoms with E-state index in [1.807, 2.05) is 54.6 Å². The average molecular weight is 332 g/mol. The molecule has 0 fully saturated rings. The van der Waals surface area contributed by atoms with Crippen LogP contribution in [-0.2, 0) is 4.74 Å².